The van der Waals surface area contributed by atoms with Crippen LogP contribution in [0.5, 0.6) is 0 Å². The van der Waals surface area contributed by atoms with Crippen LogP contribution in [0, 0.1) is 12.8 Å². The molecule has 0 saturated carbocycles. The number of rotatable bonds is 12. The second-order valence-electron chi connectivity index (χ2n) is 9.20. The first-order chi connectivity index (χ1) is 16.5. The Morgan fingerprint density at radius 3 is 2.09 bits per heavy atom. The number of benzene rings is 2. The summed E-state index contributed by atoms with van der Waals surface area (Å²) >= 11 is 0. The summed E-state index contributed by atoms with van der Waals surface area (Å²) in [7, 11) is -1.11. The molecule has 192 valence electrons. The van der Waals surface area contributed by atoms with E-state index in [9.17, 15) is 18.0 Å². The zero-order chi connectivity index (χ0) is 26.2. The zero-order valence-corrected chi connectivity index (χ0v) is 22.4. The van der Waals surface area contributed by atoms with Crippen LogP contribution in [-0.4, -0.2) is 62.7 Å². The van der Waals surface area contributed by atoms with Gasteiger partial charge in [-0.3, -0.25) is 9.59 Å². The second-order valence-corrected chi connectivity index (χ2v) is 11.3. The lowest BCUT2D eigenvalue weighted by molar-refractivity contribution is -0.140. The van der Waals surface area contributed by atoms with Crippen molar-refractivity contribution in [2.75, 3.05) is 31.5 Å². The Morgan fingerprint density at radius 2 is 1.57 bits per heavy atom. The smallest absolute Gasteiger partial charge is 0.304 e. The maximum atomic E-state index is 13.7. The van der Waals surface area contributed by atoms with Crippen LogP contribution in [0.3, 0.4) is 0 Å². The summed E-state index contributed by atoms with van der Waals surface area (Å²) in [6.07, 6.45) is 0.396. The lowest BCUT2D eigenvalue weighted by Crippen LogP contribution is -2.53. The van der Waals surface area contributed by atoms with Gasteiger partial charge in [-0.05, 0) is 37.0 Å². The van der Waals surface area contributed by atoms with Crippen LogP contribution in [-0.2, 0) is 26.3 Å². The Balaban J connectivity index is 2.44. The number of nitrogens with zero attached hydrogens (tertiary/aromatic N) is 3. The van der Waals surface area contributed by atoms with Gasteiger partial charge in [-0.1, -0.05) is 68.8 Å². The summed E-state index contributed by atoms with van der Waals surface area (Å²) in [5.74, 6) is -0.439. The molecular weight excluding hydrogens is 464 g/mol. The van der Waals surface area contributed by atoms with Crippen LogP contribution in [0.25, 0.3) is 0 Å². The molecule has 2 rings (SSSR count). The van der Waals surface area contributed by atoms with Gasteiger partial charge in [0.05, 0.1) is 5.69 Å². The first kappa shape index (κ1) is 28.3. The normalized spacial score (nSPS) is 12.5. The predicted molar refractivity (Wildman–Crippen MR) is 140 cm³/mol. The monoisotopic (exact) mass is 502 g/mol. The van der Waals surface area contributed by atoms with E-state index >= 15 is 0 Å². The summed E-state index contributed by atoms with van der Waals surface area (Å²) in [5, 5.41) is 2.92. The van der Waals surface area contributed by atoms with E-state index in [1.54, 1.807) is 30.3 Å². The molecule has 0 aliphatic rings. The quantitative estimate of drug-likeness (QED) is 0.483. The molecule has 1 atom stereocenters. The van der Waals surface area contributed by atoms with E-state index in [0.29, 0.717) is 18.7 Å². The van der Waals surface area contributed by atoms with Crippen LogP contribution in [0.4, 0.5) is 5.69 Å². The van der Waals surface area contributed by atoms with E-state index < -0.39 is 28.7 Å². The van der Waals surface area contributed by atoms with Gasteiger partial charge in [-0.25, -0.2) is 4.31 Å². The highest BCUT2D eigenvalue weighted by atomic mass is 32.2. The average Bonchev–Trinajstić information content (AvgIpc) is 2.82. The molecule has 0 spiro atoms. The Labute approximate surface area is 210 Å². The molecule has 0 bridgehead atoms. The van der Waals surface area contributed by atoms with Crippen molar-refractivity contribution in [3.05, 3.63) is 65.7 Å². The fourth-order valence-electron chi connectivity index (χ4n) is 3.54. The van der Waals surface area contributed by atoms with Crippen LogP contribution < -0.4 is 9.62 Å². The summed E-state index contributed by atoms with van der Waals surface area (Å²) in [6, 6.07) is 15.5. The number of carbonyl (C=O) groups is 2. The zero-order valence-electron chi connectivity index (χ0n) is 21.6. The fraction of sp³-hybridized carbons (Fsp3) is 0.462. The van der Waals surface area contributed by atoms with E-state index in [1.807, 2.05) is 52.0 Å². The van der Waals surface area contributed by atoms with Crippen molar-refractivity contribution >= 4 is 27.7 Å². The van der Waals surface area contributed by atoms with E-state index in [1.165, 1.54) is 19.0 Å². The minimum absolute atomic E-state index is 0.192. The number of carbonyl (C=O) groups excluding carboxylic acids is 2. The molecule has 1 N–H and O–H groups in total. The lowest BCUT2D eigenvalue weighted by atomic mass is 10.1. The maximum absolute atomic E-state index is 13.7. The molecule has 2 aromatic carbocycles. The van der Waals surface area contributed by atoms with Crippen LogP contribution >= 0.6 is 0 Å². The molecule has 0 aliphatic heterocycles. The molecule has 0 aliphatic carbocycles. The number of hydrogen-bond acceptors (Lipinski definition) is 4. The Bertz CT molecular complexity index is 1070. The molecule has 35 heavy (non-hydrogen) atoms. The van der Waals surface area contributed by atoms with Crippen molar-refractivity contribution < 1.29 is 18.0 Å². The van der Waals surface area contributed by atoms with Crippen molar-refractivity contribution in [1.29, 1.82) is 0 Å². The van der Waals surface area contributed by atoms with Gasteiger partial charge in [0.25, 0.3) is 0 Å². The summed E-state index contributed by atoms with van der Waals surface area (Å²) in [6.45, 7) is 8.08. The van der Waals surface area contributed by atoms with Gasteiger partial charge in [0.15, 0.2) is 0 Å². The van der Waals surface area contributed by atoms with Crippen molar-refractivity contribution in [1.82, 2.24) is 14.5 Å². The minimum atomic E-state index is -3.95. The topological polar surface area (TPSA) is 90.0 Å². The Morgan fingerprint density at radius 1 is 0.971 bits per heavy atom. The summed E-state index contributed by atoms with van der Waals surface area (Å²) < 4.78 is 28.4. The van der Waals surface area contributed by atoms with E-state index in [-0.39, 0.29) is 18.4 Å². The Kier molecular flexibility index (Phi) is 10.3. The summed E-state index contributed by atoms with van der Waals surface area (Å²) in [4.78, 5) is 28.3. The molecule has 0 aromatic heterocycles. The molecule has 0 saturated heterocycles. The standard InChI is InChI=1S/C26H38N4O4S/c1-7-24(26(32)27-17-20(2)3)29(18-22-15-13-21(4)14-16-22)25(31)19-30(35(33,34)28(5)6)23-11-9-8-10-12-23/h8-16,20,24H,7,17-19H2,1-6H3,(H,27,32). The van der Waals surface area contributed by atoms with Gasteiger partial charge < -0.3 is 10.2 Å². The van der Waals surface area contributed by atoms with E-state index in [4.69, 9.17) is 0 Å². The van der Waals surface area contributed by atoms with Gasteiger partial charge in [0.1, 0.15) is 12.6 Å². The first-order valence-electron chi connectivity index (χ1n) is 11.8. The van der Waals surface area contributed by atoms with Crippen LogP contribution in [0.15, 0.2) is 54.6 Å². The fourth-order valence-corrected chi connectivity index (χ4v) is 4.60. The molecule has 9 heteroatoms. The molecule has 0 fully saturated rings. The molecule has 0 radical (unpaired) electrons. The highest BCUT2D eigenvalue weighted by Crippen LogP contribution is 2.21. The lowest BCUT2D eigenvalue weighted by Gasteiger charge is -2.34. The van der Waals surface area contributed by atoms with Crippen LogP contribution in [0.1, 0.15) is 38.3 Å². The number of para-hydroxylation sites is 1. The number of aryl methyl sites for hydroxylation is 1. The minimum Gasteiger partial charge on any atom is -0.354 e. The van der Waals surface area contributed by atoms with Gasteiger partial charge in [0, 0.05) is 27.2 Å². The first-order valence-corrected chi connectivity index (χ1v) is 13.2. The molecule has 0 heterocycles. The van der Waals surface area contributed by atoms with Gasteiger partial charge >= 0.3 is 10.2 Å². The highest BCUT2D eigenvalue weighted by molar-refractivity contribution is 7.90. The van der Waals surface area contributed by atoms with Gasteiger partial charge in [-0.15, -0.1) is 0 Å². The number of anilines is 1. The third-order valence-electron chi connectivity index (χ3n) is 5.61. The molecular formula is C26H38N4O4S. The largest absolute Gasteiger partial charge is 0.354 e. The van der Waals surface area contributed by atoms with Gasteiger partial charge in [0.2, 0.25) is 11.8 Å². The number of hydrogen-bond donors (Lipinski definition) is 1. The van der Waals surface area contributed by atoms with Crippen molar-refractivity contribution in [3.8, 4) is 0 Å². The highest BCUT2D eigenvalue weighted by Gasteiger charge is 2.33. The molecule has 1 unspecified atom stereocenters. The van der Waals surface area contributed by atoms with Crippen molar-refractivity contribution in [3.63, 3.8) is 0 Å². The third kappa shape index (κ3) is 7.80. The molecule has 2 amide bonds. The SMILES string of the molecule is CCC(C(=O)NCC(C)C)N(Cc1ccc(C)cc1)C(=O)CN(c1ccccc1)S(=O)(=O)N(C)C. The van der Waals surface area contributed by atoms with E-state index in [0.717, 1.165) is 19.7 Å². The van der Waals surface area contributed by atoms with Crippen molar-refractivity contribution in [2.24, 2.45) is 5.92 Å². The third-order valence-corrected chi connectivity index (χ3v) is 7.43. The second kappa shape index (κ2) is 12.7. The molecule has 2 aromatic rings. The average molecular weight is 503 g/mol. The predicted octanol–water partition coefficient (Wildman–Crippen LogP) is 3.19. The van der Waals surface area contributed by atoms with Gasteiger partial charge in [-0.2, -0.15) is 12.7 Å². The molecule has 8 nitrogen and oxygen atoms in total. The van der Waals surface area contributed by atoms with Crippen molar-refractivity contribution in [2.45, 2.75) is 46.7 Å². The van der Waals surface area contributed by atoms with Crippen LogP contribution in [0.2, 0.25) is 0 Å². The summed E-state index contributed by atoms with van der Waals surface area (Å²) in [5.41, 5.74) is 2.32. The van der Waals surface area contributed by atoms with E-state index in [2.05, 4.69) is 5.32 Å². The number of amides is 2. The Hall–Kier alpha value is -2.91. The number of nitrogens with one attached hydrogen (secondary N) is 1. The maximum Gasteiger partial charge on any atom is 0.304 e.